The van der Waals surface area contributed by atoms with E-state index in [0.29, 0.717) is 19.3 Å². The Morgan fingerprint density at radius 1 is 0.354 bits per heavy atom. The molecule has 0 aliphatic carbocycles. The van der Waals surface area contributed by atoms with E-state index in [1.807, 2.05) is 0 Å². The molecule has 4 N–H and O–H groups in total. The van der Waals surface area contributed by atoms with Gasteiger partial charge in [0.05, 0.1) is 26.4 Å². The predicted molar refractivity (Wildman–Crippen MR) is 316 cm³/mol. The van der Waals surface area contributed by atoms with Crippen LogP contribution in [0.3, 0.4) is 0 Å². The summed E-state index contributed by atoms with van der Waals surface area (Å²) in [5, 5.41) is 20.4. The van der Waals surface area contributed by atoms with Gasteiger partial charge in [-0.15, -0.1) is 0 Å². The highest BCUT2D eigenvalue weighted by atomic mass is 31.2. The molecule has 0 aromatic heterocycles. The van der Waals surface area contributed by atoms with Crippen molar-refractivity contribution in [2.24, 2.45) is 0 Å². The average molecular weight is 1160 g/mol. The van der Waals surface area contributed by atoms with Crippen molar-refractivity contribution in [2.75, 3.05) is 39.6 Å². The number of carbonyl (C=O) groups excluding carboxylic acids is 3. The molecule has 0 spiro atoms. The summed E-state index contributed by atoms with van der Waals surface area (Å²) in [6.45, 7) is 2.55. The maximum atomic E-state index is 12.9. The number of hydrogen-bond donors (Lipinski definition) is 4. The number of aliphatic hydroxyl groups is 2. The molecular weight excluding hydrogens is 1050 g/mol. The Labute approximate surface area is 478 Å². The lowest BCUT2D eigenvalue weighted by atomic mass is 10.0. The molecule has 0 aromatic carbocycles. The summed E-state index contributed by atoms with van der Waals surface area (Å²) in [5.41, 5.74) is 0. The number of rotatable bonds is 59. The lowest BCUT2D eigenvalue weighted by Crippen LogP contribution is -2.30. The average Bonchev–Trinajstić information content (AvgIpc) is 3.42. The third-order valence-corrected chi connectivity index (χ3v) is 14.9. The van der Waals surface area contributed by atoms with Crippen LogP contribution >= 0.6 is 15.6 Å². The van der Waals surface area contributed by atoms with Gasteiger partial charge in [-0.3, -0.25) is 32.5 Å². The predicted octanol–water partition coefficient (Wildman–Crippen LogP) is 16.1. The van der Waals surface area contributed by atoms with Crippen molar-refractivity contribution >= 4 is 33.6 Å². The Bertz CT molecular complexity index is 1650. The first-order chi connectivity index (χ1) is 38.2. The fourth-order valence-corrected chi connectivity index (χ4v) is 9.81. The van der Waals surface area contributed by atoms with E-state index in [0.717, 1.165) is 116 Å². The van der Waals surface area contributed by atoms with Crippen molar-refractivity contribution < 1.29 is 75.8 Å². The molecule has 0 amide bonds. The van der Waals surface area contributed by atoms with E-state index in [4.69, 9.17) is 32.3 Å². The lowest BCUT2D eigenvalue weighted by molar-refractivity contribution is -0.161. The zero-order valence-corrected chi connectivity index (χ0v) is 51.3. The largest absolute Gasteiger partial charge is 0.472 e. The second kappa shape index (κ2) is 56.0. The van der Waals surface area contributed by atoms with Gasteiger partial charge >= 0.3 is 33.6 Å². The van der Waals surface area contributed by atoms with Gasteiger partial charge in [0.25, 0.3) is 0 Å². The Morgan fingerprint density at radius 3 is 1.06 bits per heavy atom. The number of ether oxygens (including phenoxy) is 3. The summed E-state index contributed by atoms with van der Waals surface area (Å²) in [5.74, 6) is -1.59. The van der Waals surface area contributed by atoms with Crippen molar-refractivity contribution in [1.82, 2.24) is 0 Å². The molecule has 0 aromatic rings. The van der Waals surface area contributed by atoms with Crippen LogP contribution in [0.25, 0.3) is 0 Å². The van der Waals surface area contributed by atoms with Gasteiger partial charge < -0.3 is 34.2 Å². The fourth-order valence-electron chi connectivity index (χ4n) is 8.23. The van der Waals surface area contributed by atoms with Crippen molar-refractivity contribution in [1.29, 1.82) is 0 Å². The number of allylic oxidation sites excluding steroid dienone is 8. The molecule has 0 bridgehead atoms. The molecule has 0 radical (unpaired) electrons. The van der Waals surface area contributed by atoms with Gasteiger partial charge in [0.1, 0.15) is 25.4 Å². The van der Waals surface area contributed by atoms with Gasteiger partial charge in [-0.1, -0.05) is 217 Å². The maximum Gasteiger partial charge on any atom is 0.472 e. The second-order valence-electron chi connectivity index (χ2n) is 20.9. The molecule has 0 aliphatic heterocycles. The normalized spacial score (nSPS) is 14.8. The molecule has 462 valence electrons. The summed E-state index contributed by atoms with van der Waals surface area (Å²) in [7, 11) is -9.75. The quantitative estimate of drug-likeness (QED) is 0.0146. The first kappa shape index (κ1) is 76.5. The molecule has 18 heteroatoms. The molecule has 0 aliphatic rings. The van der Waals surface area contributed by atoms with Crippen LogP contribution in [0.5, 0.6) is 0 Å². The highest BCUT2D eigenvalue weighted by molar-refractivity contribution is 7.47. The minimum Gasteiger partial charge on any atom is -0.463 e. The molecular formula is C61H112O16P2. The number of aliphatic hydroxyl groups excluding tert-OH is 2. The van der Waals surface area contributed by atoms with E-state index in [-0.39, 0.29) is 19.3 Å². The summed E-state index contributed by atoms with van der Waals surface area (Å²) in [4.78, 5) is 58.1. The zero-order valence-electron chi connectivity index (χ0n) is 49.5. The van der Waals surface area contributed by atoms with Crippen molar-refractivity contribution in [3.63, 3.8) is 0 Å². The molecule has 5 unspecified atom stereocenters. The Balaban J connectivity index is 4.69. The summed E-state index contributed by atoms with van der Waals surface area (Å²) < 4.78 is 60.6. The number of hydrogen-bond acceptors (Lipinski definition) is 14. The van der Waals surface area contributed by atoms with E-state index >= 15 is 0 Å². The standard InChI is InChI=1S/C61H112O16P2/c1-4-7-10-13-16-19-22-25-27-30-32-35-38-41-44-47-59(64)71-50-56(62)51-73-78(67,68)74-52-57(63)53-75-79(69,70)76-55-58(77-61(66)49-46-43-40-37-34-29-24-21-18-15-12-9-6-3)54-72-60(65)48-45-42-39-36-33-31-28-26-23-20-17-14-11-8-5-2/h12,15-16,19,21,24-25,27,56-58,62-63H,4-11,13-14,17-18,20,22-23,26,28-55H2,1-3H3,(H,67,68)(H,69,70)/b15-12-,19-16-,24-21-,27-25-. The van der Waals surface area contributed by atoms with E-state index < -0.39 is 91.5 Å². The minimum absolute atomic E-state index is 0.0923. The number of esters is 3. The third-order valence-electron chi connectivity index (χ3n) is 13.0. The van der Waals surface area contributed by atoms with Crippen LogP contribution in [-0.4, -0.2) is 95.9 Å². The van der Waals surface area contributed by atoms with Crippen LogP contribution in [0.2, 0.25) is 0 Å². The van der Waals surface area contributed by atoms with E-state index in [1.54, 1.807) is 0 Å². The zero-order chi connectivity index (χ0) is 58.2. The SMILES string of the molecule is CCC/C=C\C/C=C\CCCCCCCC(=O)OC(COC(=O)CCCCCCCCCCCCCCCCC)COP(=O)(O)OCC(O)COP(=O)(O)OCC(O)COC(=O)CCCCCCC/C=C\C/C=C\CCCCC. The van der Waals surface area contributed by atoms with E-state index in [9.17, 15) is 43.5 Å². The molecule has 0 rings (SSSR count). The van der Waals surface area contributed by atoms with Gasteiger partial charge in [0, 0.05) is 19.3 Å². The van der Waals surface area contributed by atoms with Crippen molar-refractivity contribution in [3.8, 4) is 0 Å². The fraction of sp³-hybridized carbons (Fsp3) is 0.820. The Hall–Kier alpha value is -2.49. The van der Waals surface area contributed by atoms with Crippen LogP contribution in [-0.2, 0) is 55.8 Å². The first-order valence-electron chi connectivity index (χ1n) is 30.9. The molecule has 79 heavy (non-hydrogen) atoms. The van der Waals surface area contributed by atoms with E-state index in [1.165, 1.54) is 89.9 Å². The van der Waals surface area contributed by atoms with Gasteiger partial charge in [-0.2, -0.15) is 0 Å². The number of carbonyl (C=O) groups is 3. The van der Waals surface area contributed by atoms with Crippen LogP contribution in [0.15, 0.2) is 48.6 Å². The molecule has 0 heterocycles. The summed E-state index contributed by atoms with van der Waals surface area (Å²) in [6, 6.07) is 0. The number of phosphoric acid groups is 2. The molecule has 16 nitrogen and oxygen atoms in total. The van der Waals surface area contributed by atoms with Crippen LogP contribution in [0.1, 0.15) is 265 Å². The first-order valence-corrected chi connectivity index (χ1v) is 33.9. The van der Waals surface area contributed by atoms with Gasteiger partial charge in [-0.05, 0) is 77.0 Å². The van der Waals surface area contributed by atoms with Crippen LogP contribution < -0.4 is 0 Å². The topological polar surface area (TPSA) is 231 Å². The van der Waals surface area contributed by atoms with Crippen LogP contribution in [0.4, 0.5) is 0 Å². The minimum atomic E-state index is -4.91. The van der Waals surface area contributed by atoms with Gasteiger partial charge in [0.2, 0.25) is 0 Å². The Kier molecular flexibility index (Phi) is 54.2. The smallest absolute Gasteiger partial charge is 0.463 e. The highest BCUT2D eigenvalue weighted by Gasteiger charge is 2.29. The Morgan fingerprint density at radius 2 is 0.658 bits per heavy atom. The second-order valence-corrected chi connectivity index (χ2v) is 23.8. The summed E-state index contributed by atoms with van der Waals surface area (Å²) in [6.07, 6.45) is 51.7. The van der Waals surface area contributed by atoms with Gasteiger partial charge in [-0.25, -0.2) is 9.13 Å². The highest BCUT2D eigenvalue weighted by Crippen LogP contribution is 2.45. The van der Waals surface area contributed by atoms with E-state index in [2.05, 4.69) is 69.4 Å². The molecule has 5 atom stereocenters. The van der Waals surface area contributed by atoms with Crippen molar-refractivity contribution in [2.45, 2.75) is 283 Å². The summed E-state index contributed by atoms with van der Waals surface area (Å²) >= 11 is 0. The monoisotopic (exact) mass is 1160 g/mol. The lowest BCUT2D eigenvalue weighted by Gasteiger charge is -2.21. The number of phosphoric ester groups is 2. The van der Waals surface area contributed by atoms with Crippen LogP contribution in [0, 0.1) is 0 Å². The molecule has 0 saturated heterocycles. The maximum absolute atomic E-state index is 12.9. The number of unbranched alkanes of at least 4 members (excludes halogenated alkanes) is 28. The molecule has 0 saturated carbocycles. The molecule has 0 fully saturated rings. The van der Waals surface area contributed by atoms with Gasteiger partial charge in [0.15, 0.2) is 6.10 Å². The third kappa shape index (κ3) is 57.1. The van der Waals surface area contributed by atoms with Crippen molar-refractivity contribution in [3.05, 3.63) is 48.6 Å².